The van der Waals surface area contributed by atoms with E-state index in [2.05, 4.69) is 11.1 Å². The molecule has 0 radical (unpaired) electrons. The number of rotatable bonds is 4. The molecule has 2 aromatic carbocycles. The number of hydrogen-bond donors (Lipinski definition) is 1. The summed E-state index contributed by atoms with van der Waals surface area (Å²) in [6, 6.07) is 15.8. The van der Waals surface area contributed by atoms with E-state index in [1.807, 2.05) is 49.4 Å². The summed E-state index contributed by atoms with van der Waals surface area (Å²) < 4.78 is 5.17. The quantitative estimate of drug-likeness (QED) is 0.717. The zero-order chi connectivity index (χ0) is 14.8. The lowest BCUT2D eigenvalue weighted by Crippen LogP contribution is -1.95. The first kappa shape index (κ1) is 13.4. The van der Waals surface area contributed by atoms with E-state index < -0.39 is 0 Å². The molecule has 0 atom stereocenters. The summed E-state index contributed by atoms with van der Waals surface area (Å²) in [6.07, 6.45) is 0.525. The first-order chi connectivity index (χ1) is 10.2. The summed E-state index contributed by atoms with van der Waals surface area (Å²) in [6.45, 7) is 1.88. The van der Waals surface area contributed by atoms with Crippen molar-refractivity contribution in [2.24, 2.45) is 0 Å². The molecule has 0 unspecified atom stereocenters. The number of nitrogens with one attached hydrogen (secondary N) is 1. The van der Waals surface area contributed by atoms with Gasteiger partial charge in [0, 0.05) is 28.6 Å². The third-order valence-electron chi connectivity index (χ3n) is 3.67. The van der Waals surface area contributed by atoms with Gasteiger partial charge in [-0.25, -0.2) is 0 Å². The highest BCUT2D eigenvalue weighted by molar-refractivity contribution is 5.99. The monoisotopic (exact) mass is 279 g/mol. The lowest BCUT2D eigenvalue weighted by Gasteiger charge is -2.01. The van der Waals surface area contributed by atoms with Gasteiger partial charge in [-0.15, -0.1) is 0 Å². The minimum absolute atomic E-state index is 0.164. The van der Waals surface area contributed by atoms with E-state index in [9.17, 15) is 4.79 Å². The Hall–Kier alpha value is -2.55. The number of fused-ring (bicyclic) bond motifs is 1. The molecule has 0 amide bonds. The lowest BCUT2D eigenvalue weighted by atomic mass is 10.1. The van der Waals surface area contributed by atoms with Crippen molar-refractivity contribution in [3.63, 3.8) is 0 Å². The molecular weight excluding hydrogens is 262 g/mol. The van der Waals surface area contributed by atoms with E-state index in [1.54, 1.807) is 7.11 Å². The molecule has 3 aromatic rings. The van der Waals surface area contributed by atoms with Crippen molar-refractivity contribution in [1.29, 1.82) is 0 Å². The van der Waals surface area contributed by atoms with Gasteiger partial charge in [0.05, 0.1) is 7.11 Å². The maximum atomic E-state index is 11.8. The van der Waals surface area contributed by atoms with Crippen LogP contribution < -0.4 is 4.74 Å². The molecule has 0 aliphatic heterocycles. The van der Waals surface area contributed by atoms with Crippen molar-refractivity contribution in [2.45, 2.75) is 13.3 Å². The van der Waals surface area contributed by atoms with Crippen molar-refractivity contribution in [3.8, 4) is 17.0 Å². The van der Waals surface area contributed by atoms with Crippen LogP contribution in [-0.4, -0.2) is 17.9 Å². The van der Waals surface area contributed by atoms with Crippen molar-refractivity contribution < 1.29 is 9.53 Å². The molecule has 0 aliphatic rings. The Morgan fingerprint density at radius 2 is 1.86 bits per heavy atom. The molecule has 106 valence electrons. The summed E-state index contributed by atoms with van der Waals surface area (Å²) in [5.74, 6) is 1.00. The number of benzene rings is 2. The van der Waals surface area contributed by atoms with Gasteiger partial charge >= 0.3 is 0 Å². The van der Waals surface area contributed by atoms with Crippen molar-refractivity contribution in [3.05, 3.63) is 54.1 Å². The molecule has 1 heterocycles. The normalized spacial score (nSPS) is 10.8. The fraction of sp³-hybridized carbons (Fsp3) is 0.167. The van der Waals surface area contributed by atoms with E-state index in [0.717, 1.165) is 33.5 Å². The molecular formula is C18H17NO2. The standard InChI is InChI=1S/C18H17NO2/c1-3-18(20)14-5-4-13-10-16(19-17(13)11-14)12-6-8-15(21-2)9-7-12/h4-11,19H,3H2,1-2H3. The van der Waals surface area contributed by atoms with Crippen molar-refractivity contribution >= 4 is 16.7 Å². The molecule has 21 heavy (non-hydrogen) atoms. The van der Waals surface area contributed by atoms with Crippen molar-refractivity contribution in [1.82, 2.24) is 4.98 Å². The number of methoxy groups -OCH3 is 1. The second-order valence-corrected chi connectivity index (χ2v) is 4.99. The Morgan fingerprint density at radius 3 is 2.52 bits per heavy atom. The van der Waals surface area contributed by atoms with E-state index in [0.29, 0.717) is 6.42 Å². The highest BCUT2D eigenvalue weighted by Crippen LogP contribution is 2.26. The number of H-pyrrole nitrogens is 1. The Morgan fingerprint density at radius 1 is 1.10 bits per heavy atom. The van der Waals surface area contributed by atoms with Gasteiger partial charge in [-0.05, 0) is 42.0 Å². The van der Waals surface area contributed by atoms with E-state index in [1.165, 1.54) is 0 Å². The van der Waals surface area contributed by atoms with Crippen LogP contribution in [-0.2, 0) is 0 Å². The Balaban J connectivity index is 2.01. The second kappa shape index (κ2) is 5.44. The molecule has 0 fully saturated rings. The Labute approximate surface area is 123 Å². The van der Waals surface area contributed by atoms with Gasteiger partial charge in [0.1, 0.15) is 5.75 Å². The summed E-state index contributed by atoms with van der Waals surface area (Å²) in [5.41, 5.74) is 3.87. The van der Waals surface area contributed by atoms with Crippen LogP contribution in [0.15, 0.2) is 48.5 Å². The third kappa shape index (κ3) is 2.55. The van der Waals surface area contributed by atoms with Crippen LogP contribution in [0.1, 0.15) is 23.7 Å². The predicted molar refractivity (Wildman–Crippen MR) is 84.9 cm³/mol. The van der Waals surface area contributed by atoms with Gasteiger partial charge in [-0.2, -0.15) is 0 Å². The molecule has 3 rings (SSSR count). The molecule has 3 heteroatoms. The van der Waals surface area contributed by atoms with Crippen LogP contribution in [0.3, 0.4) is 0 Å². The minimum atomic E-state index is 0.164. The summed E-state index contributed by atoms with van der Waals surface area (Å²) >= 11 is 0. The molecule has 0 spiro atoms. The van der Waals surface area contributed by atoms with Gasteiger partial charge in [0.25, 0.3) is 0 Å². The number of aromatic amines is 1. The molecule has 0 saturated heterocycles. The van der Waals surface area contributed by atoms with Gasteiger partial charge in [0.2, 0.25) is 0 Å². The summed E-state index contributed by atoms with van der Waals surface area (Å²) in [7, 11) is 1.66. The molecule has 0 bridgehead atoms. The SMILES string of the molecule is CCC(=O)c1ccc2cc(-c3ccc(OC)cc3)[nH]c2c1. The first-order valence-electron chi connectivity index (χ1n) is 7.01. The number of ether oxygens (including phenoxy) is 1. The van der Waals surface area contributed by atoms with E-state index >= 15 is 0 Å². The number of hydrogen-bond acceptors (Lipinski definition) is 2. The van der Waals surface area contributed by atoms with Crippen molar-refractivity contribution in [2.75, 3.05) is 7.11 Å². The number of carbonyl (C=O) groups is 1. The molecule has 1 N–H and O–H groups in total. The average Bonchev–Trinajstić information content (AvgIpc) is 2.97. The Kier molecular flexibility index (Phi) is 3.48. The van der Waals surface area contributed by atoms with Crippen LogP contribution in [0.25, 0.3) is 22.2 Å². The van der Waals surface area contributed by atoms with Gasteiger partial charge in [-0.1, -0.05) is 19.1 Å². The van der Waals surface area contributed by atoms with Crippen LogP contribution in [0.5, 0.6) is 5.75 Å². The maximum Gasteiger partial charge on any atom is 0.162 e. The molecule has 0 aliphatic carbocycles. The highest BCUT2D eigenvalue weighted by Gasteiger charge is 2.07. The first-order valence-corrected chi connectivity index (χ1v) is 7.01. The average molecular weight is 279 g/mol. The number of aromatic nitrogens is 1. The number of ketones is 1. The largest absolute Gasteiger partial charge is 0.497 e. The fourth-order valence-electron chi connectivity index (χ4n) is 2.43. The van der Waals surface area contributed by atoms with Crippen LogP contribution in [0, 0.1) is 0 Å². The summed E-state index contributed by atoms with van der Waals surface area (Å²) in [4.78, 5) is 15.2. The predicted octanol–water partition coefficient (Wildman–Crippen LogP) is 4.44. The van der Waals surface area contributed by atoms with Gasteiger partial charge in [0.15, 0.2) is 5.78 Å². The molecule has 3 nitrogen and oxygen atoms in total. The summed E-state index contributed by atoms with van der Waals surface area (Å²) in [5, 5.41) is 1.11. The van der Waals surface area contributed by atoms with Crippen LogP contribution in [0.2, 0.25) is 0 Å². The smallest absolute Gasteiger partial charge is 0.162 e. The third-order valence-corrected chi connectivity index (χ3v) is 3.67. The van der Waals surface area contributed by atoms with Gasteiger partial charge < -0.3 is 9.72 Å². The number of carbonyl (C=O) groups excluding carboxylic acids is 1. The zero-order valence-electron chi connectivity index (χ0n) is 12.1. The maximum absolute atomic E-state index is 11.8. The Bertz CT molecular complexity index is 785. The molecule has 0 saturated carbocycles. The van der Waals surface area contributed by atoms with Crippen LogP contribution in [0.4, 0.5) is 0 Å². The topological polar surface area (TPSA) is 42.1 Å². The second-order valence-electron chi connectivity index (χ2n) is 4.99. The highest BCUT2D eigenvalue weighted by atomic mass is 16.5. The fourth-order valence-corrected chi connectivity index (χ4v) is 2.43. The number of Topliss-reactive ketones (excluding diaryl/α,β-unsaturated/α-hetero) is 1. The van der Waals surface area contributed by atoms with E-state index in [4.69, 9.17) is 4.74 Å². The lowest BCUT2D eigenvalue weighted by molar-refractivity contribution is 0.0988. The van der Waals surface area contributed by atoms with Crippen LogP contribution >= 0.6 is 0 Å². The minimum Gasteiger partial charge on any atom is -0.497 e. The van der Waals surface area contributed by atoms with E-state index in [-0.39, 0.29) is 5.78 Å². The van der Waals surface area contributed by atoms with Gasteiger partial charge in [-0.3, -0.25) is 4.79 Å². The molecule has 1 aromatic heterocycles. The zero-order valence-corrected chi connectivity index (χ0v) is 12.1.